The molecule has 0 aliphatic heterocycles. The Morgan fingerprint density at radius 1 is 1.19 bits per heavy atom. The van der Waals surface area contributed by atoms with Crippen molar-refractivity contribution in [3.8, 4) is 0 Å². The Balaban J connectivity index is 2.61. The molecule has 122 valence electrons. The van der Waals surface area contributed by atoms with Crippen molar-refractivity contribution in [3.63, 3.8) is 0 Å². The number of nitrogens with zero attached hydrogens (tertiary/aromatic N) is 1. The van der Waals surface area contributed by atoms with Gasteiger partial charge in [-0.2, -0.15) is 26.3 Å². The molecule has 0 saturated carbocycles. The molecule has 10 heteroatoms. The third kappa shape index (κ3) is 5.92. The minimum atomic E-state index is -5.54. The van der Waals surface area contributed by atoms with Crippen LogP contribution in [-0.4, -0.2) is 29.7 Å². The summed E-state index contributed by atoms with van der Waals surface area (Å²) in [6.45, 7) is 3.03. The highest BCUT2D eigenvalue weighted by atomic mass is 19.4. The second kappa shape index (κ2) is 6.65. The maximum Gasteiger partial charge on any atom is 0.423 e. The molecule has 21 heavy (non-hydrogen) atoms. The van der Waals surface area contributed by atoms with Gasteiger partial charge in [0, 0.05) is 18.7 Å². The van der Waals surface area contributed by atoms with Crippen LogP contribution >= 0.6 is 0 Å². The zero-order valence-corrected chi connectivity index (χ0v) is 11.2. The van der Waals surface area contributed by atoms with Crippen LogP contribution in [0.15, 0.2) is 10.6 Å². The van der Waals surface area contributed by atoms with Crippen molar-refractivity contribution in [1.29, 1.82) is 0 Å². The molecule has 0 fully saturated rings. The van der Waals surface area contributed by atoms with Crippen molar-refractivity contribution in [2.24, 2.45) is 0 Å². The van der Waals surface area contributed by atoms with E-state index < -0.39 is 25.1 Å². The first kappa shape index (κ1) is 17.8. The normalized spacial score (nSPS) is 13.4. The Hall–Kier alpha value is -1.29. The van der Waals surface area contributed by atoms with E-state index in [1.807, 2.05) is 13.8 Å². The predicted molar refractivity (Wildman–Crippen MR) is 59.2 cm³/mol. The van der Waals surface area contributed by atoms with E-state index in [1.54, 1.807) is 0 Å². The SMILES string of the molecule is CC(C)NCc1cc(COC(C(F)(F)F)C(F)(F)F)on1. The van der Waals surface area contributed by atoms with Gasteiger partial charge in [-0.3, -0.25) is 0 Å². The van der Waals surface area contributed by atoms with Crippen LogP contribution in [0.2, 0.25) is 0 Å². The molecule has 1 rings (SSSR count). The van der Waals surface area contributed by atoms with Crippen LogP contribution in [0.3, 0.4) is 0 Å². The van der Waals surface area contributed by atoms with E-state index in [-0.39, 0.29) is 18.3 Å². The Morgan fingerprint density at radius 3 is 2.24 bits per heavy atom. The first-order chi connectivity index (χ1) is 9.50. The summed E-state index contributed by atoms with van der Waals surface area (Å²) in [5.41, 5.74) is 0.359. The van der Waals surface area contributed by atoms with Gasteiger partial charge in [-0.15, -0.1) is 0 Å². The average molecular weight is 320 g/mol. The Kier molecular flexibility index (Phi) is 5.62. The molecule has 0 spiro atoms. The molecule has 0 unspecified atom stereocenters. The molecule has 0 aliphatic carbocycles. The zero-order chi connectivity index (χ0) is 16.3. The van der Waals surface area contributed by atoms with E-state index >= 15 is 0 Å². The van der Waals surface area contributed by atoms with Gasteiger partial charge in [-0.1, -0.05) is 19.0 Å². The van der Waals surface area contributed by atoms with Crippen molar-refractivity contribution < 1.29 is 35.6 Å². The standard InChI is InChI=1S/C11H14F6N2O2/c1-6(2)18-4-7-3-8(21-19-7)5-20-9(10(12,13)14)11(15,16)17/h3,6,9,18H,4-5H2,1-2H3. The summed E-state index contributed by atoms with van der Waals surface area (Å²) in [4.78, 5) is 0. The quantitative estimate of drug-likeness (QED) is 0.818. The van der Waals surface area contributed by atoms with Crippen LogP contribution in [-0.2, 0) is 17.9 Å². The fourth-order valence-electron chi connectivity index (χ4n) is 1.36. The lowest BCUT2D eigenvalue weighted by molar-refractivity contribution is -0.325. The Bertz CT molecular complexity index is 427. The summed E-state index contributed by atoms with van der Waals surface area (Å²) in [5, 5.41) is 6.48. The molecule has 1 heterocycles. The number of rotatable bonds is 6. The van der Waals surface area contributed by atoms with E-state index in [1.165, 1.54) is 6.07 Å². The highest BCUT2D eigenvalue weighted by molar-refractivity contribution is 5.04. The van der Waals surface area contributed by atoms with Gasteiger partial charge in [0.1, 0.15) is 6.61 Å². The van der Waals surface area contributed by atoms with E-state index in [0.717, 1.165) is 0 Å². The summed E-state index contributed by atoms with van der Waals surface area (Å²) in [6.07, 6.45) is -14.9. The van der Waals surface area contributed by atoms with Crippen LogP contribution in [0.1, 0.15) is 25.3 Å². The van der Waals surface area contributed by atoms with Gasteiger partial charge >= 0.3 is 12.4 Å². The smallest absolute Gasteiger partial charge is 0.359 e. The molecule has 1 aromatic rings. The van der Waals surface area contributed by atoms with Crippen LogP contribution in [0.25, 0.3) is 0 Å². The minimum Gasteiger partial charge on any atom is -0.359 e. The van der Waals surface area contributed by atoms with E-state index in [4.69, 9.17) is 0 Å². The predicted octanol–water partition coefficient (Wildman–Crippen LogP) is 3.18. The third-order valence-electron chi connectivity index (χ3n) is 2.29. The van der Waals surface area contributed by atoms with Gasteiger partial charge in [0.05, 0.1) is 5.69 Å². The van der Waals surface area contributed by atoms with Gasteiger partial charge in [0.15, 0.2) is 5.76 Å². The lowest BCUT2D eigenvalue weighted by atomic mass is 10.3. The molecule has 0 aliphatic rings. The molecule has 0 amide bonds. The largest absolute Gasteiger partial charge is 0.423 e. The number of ether oxygens (including phenoxy) is 1. The van der Waals surface area contributed by atoms with Crippen molar-refractivity contribution >= 4 is 0 Å². The van der Waals surface area contributed by atoms with Gasteiger partial charge in [0.25, 0.3) is 0 Å². The number of alkyl halides is 6. The highest BCUT2D eigenvalue weighted by Crippen LogP contribution is 2.36. The summed E-state index contributed by atoms with van der Waals surface area (Å²) in [6, 6.07) is 1.38. The fourth-order valence-corrected chi connectivity index (χ4v) is 1.36. The maximum absolute atomic E-state index is 12.2. The first-order valence-electron chi connectivity index (χ1n) is 5.93. The molecule has 0 saturated heterocycles. The minimum absolute atomic E-state index is 0.140. The van der Waals surface area contributed by atoms with Gasteiger partial charge in [-0.05, 0) is 0 Å². The summed E-state index contributed by atoms with van der Waals surface area (Å²) in [5.74, 6) is -0.214. The second-order valence-corrected chi connectivity index (χ2v) is 4.59. The number of hydrogen-bond acceptors (Lipinski definition) is 4. The molecule has 0 aromatic carbocycles. The average Bonchev–Trinajstić information content (AvgIpc) is 2.70. The molecule has 1 N–H and O–H groups in total. The van der Waals surface area contributed by atoms with Gasteiger partial charge < -0.3 is 14.6 Å². The summed E-state index contributed by atoms with van der Waals surface area (Å²) < 4.78 is 81.9. The van der Waals surface area contributed by atoms with Crippen LogP contribution in [0, 0.1) is 0 Å². The first-order valence-corrected chi connectivity index (χ1v) is 5.93. The highest BCUT2D eigenvalue weighted by Gasteiger charge is 2.58. The van der Waals surface area contributed by atoms with Crippen molar-refractivity contribution in [2.45, 2.75) is 51.5 Å². The molecular formula is C11H14F6N2O2. The lowest BCUT2D eigenvalue weighted by Gasteiger charge is -2.22. The van der Waals surface area contributed by atoms with E-state index in [2.05, 4.69) is 19.7 Å². The number of hydrogen-bond donors (Lipinski definition) is 1. The molecule has 0 atom stereocenters. The van der Waals surface area contributed by atoms with Crippen molar-refractivity contribution in [2.75, 3.05) is 0 Å². The number of halogens is 6. The summed E-state index contributed by atoms with van der Waals surface area (Å²) >= 11 is 0. The second-order valence-electron chi connectivity index (χ2n) is 4.59. The van der Waals surface area contributed by atoms with Gasteiger partial charge in [-0.25, -0.2) is 0 Å². The van der Waals surface area contributed by atoms with E-state index in [9.17, 15) is 26.3 Å². The Labute approximate surface area is 116 Å². The molecule has 1 aromatic heterocycles. The van der Waals surface area contributed by atoms with Crippen molar-refractivity contribution in [1.82, 2.24) is 10.5 Å². The lowest BCUT2D eigenvalue weighted by Crippen LogP contribution is -2.44. The van der Waals surface area contributed by atoms with Crippen LogP contribution in [0.5, 0.6) is 0 Å². The van der Waals surface area contributed by atoms with Crippen LogP contribution < -0.4 is 5.32 Å². The number of aromatic nitrogens is 1. The molecule has 0 bridgehead atoms. The number of nitrogens with one attached hydrogen (secondary N) is 1. The third-order valence-corrected chi connectivity index (χ3v) is 2.29. The van der Waals surface area contributed by atoms with Crippen molar-refractivity contribution in [3.05, 3.63) is 17.5 Å². The maximum atomic E-state index is 12.2. The fraction of sp³-hybridized carbons (Fsp3) is 0.727. The summed E-state index contributed by atoms with van der Waals surface area (Å²) in [7, 11) is 0. The molecule has 4 nitrogen and oxygen atoms in total. The molecular weight excluding hydrogens is 306 g/mol. The topological polar surface area (TPSA) is 47.3 Å². The zero-order valence-electron chi connectivity index (χ0n) is 11.2. The van der Waals surface area contributed by atoms with Gasteiger partial charge in [0.2, 0.25) is 6.10 Å². The monoisotopic (exact) mass is 320 g/mol. The Morgan fingerprint density at radius 2 is 1.76 bits per heavy atom. The van der Waals surface area contributed by atoms with Crippen LogP contribution in [0.4, 0.5) is 26.3 Å². The molecule has 0 radical (unpaired) electrons. The van der Waals surface area contributed by atoms with E-state index in [0.29, 0.717) is 5.69 Å².